The van der Waals surface area contributed by atoms with Gasteiger partial charge in [0.05, 0.1) is 7.11 Å². The van der Waals surface area contributed by atoms with E-state index in [-0.39, 0.29) is 18.2 Å². The standard InChI is InChI=1S/C19H16N4O3/c1-25-15-9-5-8-13-16(15)22-19(20)23-10-14(21-17(13)23)18(24)26-11-12-6-3-2-4-7-12/h2-10H,11H2,1H3,(H2,20,22). The molecule has 0 amide bonds. The van der Waals surface area contributed by atoms with E-state index >= 15 is 0 Å². The fourth-order valence-corrected chi connectivity index (χ4v) is 2.79. The number of carbonyl (C=O) groups excluding carboxylic acids is 1. The smallest absolute Gasteiger partial charge is 0.358 e. The molecule has 0 radical (unpaired) electrons. The second kappa shape index (κ2) is 6.36. The molecule has 4 aromatic rings. The molecule has 7 nitrogen and oxygen atoms in total. The lowest BCUT2D eigenvalue weighted by Gasteiger charge is -2.07. The number of nitrogens with zero attached hydrogens (tertiary/aromatic N) is 3. The van der Waals surface area contributed by atoms with Gasteiger partial charge in [0.2, 0.25) is 5.95 Å². The van der Waals surface area contributed by atoms with Crippen LogP contribution in [0.1, 0.15) is 16.1 Å². The van der Waals surface area contributed by atoms with E-state index in [1.54, 1.807) is 17.6 Å². The van der Waals surface area contributed by atoms with Crippen LogP contribution in [0.3, 0.4) is 0 Å². The SMILES string of the molecule is COc1cccc2c1nc(N)n1cc(C(=O)OCc3ccccc3)nc21. The number of benzene rings is 2. The Kier molecular flexibility index (Phi) is 3.89. The summed E-state index contributed by atoms with van der Waals surface area (Å²) in [5.41, 5.74) is 8.22. The van der Waals surface area contributed by atoms with Crippen LogP contribution in [0.15, 0.2) is 54.7 Å². The molecule has 7 heteroatoms. The van der Waals surface area contributed by atoms with Crippen molar-refractivity contribution in [2.75, 3.05) is 12.8 Å². The van der Waals surface area contributed by atoms with E-state index < -0.39 is 5.97 Å². The van der Waals surface area contributed by atoms with Crippen molar-refractivity contribution in [3.63, 3.8) is 0 Å². The zero-order chi connectivity index (χ0) is 18.1. The molecule has 130 valence electrons. The summed E-state index contributed by atoms with van der Waals surface area (Å²) >= 11 is 0. The van der Waals surface area contributed by atoms with Gasteiger partial charge in [0.15, 0.2) is 5.69 Å². The van der Waals surface area contributed by atoms with E-state index in [0.29, 0.717) is 16.9 Å². The molecule has 0 aliphatic heterocycles. The van der Waals surface area contributed by atoms with Crippen LogP contribution in [0, 0.1) is 0 Å². The highest BCUT2D eigenvalue weighted by molar-refractivity contribution is 5.98. The van der Waals surface area contributed by atoms with Crippen LogP contribution >= 0.6 is 0 Å². The molecule has 2 N–H and O–H groups in total. The third-order valence-corrected chi connectivity index (χ3v) is 4.06. The Morgan fingerprint density at radius 1 is 1.12 bits per heavy atom. The van der Waals surface area contributed by atoms with Crippen LogP contribution in [0.2, 0.25) is 0 Å². The molecule has 0 aliphatic rings. The normalized spacial score (nSPS) is 11.0. The molecule has 0 atom stereocenters. The highest BCUT2D eigenvalue weighted by Crippen LogP contribution is 2.28. The number of fused-ring (bicyclic) bond motifs is 3. The Labute approximate surface area is 149 Å². The third-order valence-electron chi connectivity index (χ3n) is 4.06. The minimum Gasteiger partial charge on any atom is -0.494 e. The van der Waals surface area contributed by atoms with Crippen molar-refractivity contribution in [2.45, 2.75) is 6.61 Å². The van der Waals surface area contributed by atoms with Crippen LogP contribution in [-0.2, 0) is 11.3 Å². The third kappa shape index (κ3) is 2.69. The summed E-state index contributed by atoms with van der Waals surface area (Å²) in [6.45, 7) is 0.176. The van der Waals surface area contributed by atoms with Crippen molar-refractivity contribution in [1.29, 1.82) is 0 Å². The van der Waals surface area contributed by atoms with Crippen molar-refractivity contribution in [2.24, 2.45) is 0 Å². The zero-order valence-electron chi connectivity index (χ0n) is 14.0. The molecule has 0 bridgehead atoms. The molecular formula is C19H16N4O3. The molecule has 0 saturated carbocycles. The van der Waals surface area contributed by atoms with E-state index in [2.05, 4.69) is 9.97 Å². The predicted molar refractivity (Wildman–Crippen MR) is 97.0 cm³/mol. The van der Waals surface area contributed by atoms with Crippen molar-refractivity contribution >= 4 is 28.5 Å². The molecule has 2 heterocycles. The lowest BCUT2D eigenvalue weighted by atomic mass is 10.2. The number of anilines is 1. The van der Waals surface area contributed by atoms with E-state index in [9.17, 15) is 4.79 Å². The monoisotopic (exact) mass is 348 g/mol. The number of para-hydroxylation sites is 1. The van der Waals surface area contributed by atoms with Gasteiger partial charge in [-0.2, -0.15) is 0 Å². The summed E-state index contributed by atoms with van der Waals surface area (Å²) in [5, 5.41) is 0.737. The molecule has 0 saturated heterocycles. The van der Waals surface area contributed by atoms with E-state index in [1.165, 1.54) is 6.20 Å². The van der Waals surface area contributed by atoms with Gasteiger partial charge in [0.1, 0.15) is 23.5 Å². The number of carbonyl (C=O) groups is 1. The number of nitrogen functional groups attached to an aromatic ring is 1. The van der Waals surface area contributed by atoms with Gasteiger partial charge in [0.25, 0.3) is 0 Å². The van der Waals surface area contributed by atoms with Gasteiger partial charge >= 0.3 is 5.97 Å². The van der Waals surface area contributed by atoms with Crippen LogP contribution < -0.4 is 10.5 Å². The highest BCUT2D eigenvalue weighted by Gasteiger charge is 2.17. The van der Waals surface area contributed by atoms with Gasteiger partial charge in [-0.15, -0.1) is 0 Å². The fourth-order valence-electron chi connectivity index (χ4n) is 2.79. The number of rotatable bonds is 4. The number of nitrogens with two attached hydrogens (primary N) is 1. The molecule has 4 rings (SSSR count). The van der Waals surface area contributed by atoms with E-state index in [0.717, 1.165) is 10.9 Å². The van der Waals surface area contributed by atoms with Gasteiger partial charge in [0, 0.05) is 11.6 Å². The van der Waals surface area contributed by atoms with Crippen LogP contribution in [0.25, 0.3) is 16.6 Å². The van der Waals surface area contributed by atoms with Gasteiger partial charge in [-0.1, -0.05) is 36.4 Å². The van der Waals surface area contributed by atoms with Gasteiger partial charge in [-0.05, 0) is 17.7 Å². The summed E-state index contributed by atoms with van der Waals surface area (Å²) in [4.78, 5) is 21.1. The molecule has 2 aromatic heterocycles. The number of ether oxygens (including phenoxy) is 2. The summed E-state index contributed by atoms with van der Waals surface area (Å²) in [6.07, 6.45) is 1.53. The molecule has 0 spiro atoms. The molecule has 0 unspecified atom stereocenters. The highest BCUT2D eigenvalue weighted by atomic mass is 16.5. The number of imidazole rings is 1. The van der Waals surface area contributed by atoms with Crippen molar-refractivity contribution in [3.05, 3.63) is 66.0 Å². The van der Waals surface area contributed by atoms with Crippen molar-refractivity contribution < 1.29 is 14.3 Å². The summed E-state index contributed by atoms with van der Waals surface area (Å²) in [6, 6.07) is 14.9. The quantitative estimate of drug-likeness (QED) is 0.570. The Hall–Kier alpha value is -3.61. The summed E-state index contributed by atoms with van der Waals surface area (Å²) in [7, 11) is 1.56. The topological polar surface area (TPSA) is 91.7 Å². The minimum absolute atomic E-state index is 0.171. The van der Waals surface area contributed by atoms with Gasteiger partial charge in [-0.25, -0.2) is 14.8 Å². The molecule has 0 aliphatic carbocycles. The molecular weight excluding hydrogens is 332 g/mol. The van der Waals surface area contributed by atoms with E-state index in [4.69, 9.17) is 15.2 Å². The predicted octanol–water partition coefficient (Wildman–Crippen LogP) is 2.83. The maximum Gasteiger partial charge on any atom is 0.358 e. The molecule has 26 heavy (non-hydrogen) atoms. The van der Waals surface area contributed by atoms with Crippen molar-refractivity contribution in [3.8, 4) is 5.75 Å². The average molecular weight is 348 g/mol. The Balaban J connectivity index is 1.72. The first-order valence-electron chi connectivity index (χ1n) is 7.99. The average Bonchev–Trinajstić information content (AvgIpc) is 3.13. The second-order valence-corrected chi connectivity index (χ2v) is 5.71. The van der Waals surface area contributed by atoms with Gasteiger partial charge < -0.3 is 15.2 Å². The fraction of sp³-hybridized carbons (Fsp3) is 0.105. The second-order valence-electron chi connectivity index (χ2n) is 5.71. The maximum absolute atomic E-state index is 12.4. The largest absolute Gasteiger partial charge is 0.494 e. The van der Waals surface area contributed by atoms with E-state index in [1.807, 2.05) is 42.5 Å². The Morgan fingerprint density at radius 3 is 2.69 bits per heavy atom. The lowest BCUT2D eigenvalue weighted by molar-refractivity contribution is 0.0466. The van der Waals surface area contributed by atoms with Crippen LogP contribution in [-0.4, -0.2) is 27.4 Å². The van der Waals surface area contributed by atoms with Crippen molar-refractivity contribution in [1.82, 2.24) is 14.4 Å². The lowest BCUT2D eigenvalue weighted by Crippen LogP contribution is -2.05. The molecule has 2 aromatic carbocycles. The minimum atomic E-state index is -0.520. The number of hydrogen-bond acceptors (Lipinski definition) is 6. The Bertz CT molecular complexity index is 1110. The molecule has 0 fully saturated rings. The Morgan fingerprint density at radius 2 is 1.92 bits per heavy atom. The first-order valence-corrected chi connectivity index (χ1v) is 7.99. The first-order chi connectivity index (χ1) is 12.7. The van der Waals surface area contributed by atoms with Crippen LogP contribution in [0.4, 0.5) is 5.95 Å². The number of aromatic nitrogens is 3. The maximum atomic E-state index is 12.4. The number of esters is 1. The first kappa shape index (κ1) is 15.9. The summed E-state index contributed by atoms with van der Waals surface area (Å²) in [5.74, 6) is 0.285. The zero-order valence-corrected chi connectivity index (χ0v) is 14.0. The number of methoxy groups -OCH3 is 1. The summed E-state index contributed by atoms with van der Waals surface area (Å²) < 4.78 is 12.2. The number of hydrogen-bond donors (Lipinski definition) is 1. The van der Waals surface area contributed by atoms with Crippen LogP contribution in [0.5, 0.6) is 5.75 Å². The van der Waals surface area contributed by atoms with Gasteiger partial charge in [-0.3, -0.25) is 4.40 Å².